The number of piperazine rings is 1. The smallest absolute Gasteiger partial charge is 0.291 e. The summed E-state index contributed by atoms with van der Waals surface area (Å²) in [5.41, 5.74) is 0.652. The van der Waals surface area contributed by atoms with Gasteiger partial charge in [-0.05, 0) is 31.2 Å². The molecule has 0 radical (unpaired) electrons. The number of halogens is 3. The lowest BCUT2D eigenvalue weighted by Gasteiger charge is -2.44. The summed E-state index contributed by atoms with van der Waals surface area (Å²) in [6.45, 7) is 5.78. The fraction of sp³-hybridized carbons (Fsp3) is 0.462. The van der Waals surface area contributed by atoms with Gasteiger partial charge < -0.3 is 39.1 Å². The molecule has 2 aromatic heterocycles. The summed E-state index contributed by atoms with van der Waals surface area (Å²) in [5.74, 6) is -3.13. The zero-order chi connectivity index (χ0) is 40.4. The molecule has 2 fully saturated rings. The van der Waals surface area contributed by atoms with E-state index in [1.54, 1.807) is 40.8 Å². The lowest BCUT2D eigenvalue weighted by molar-refractivity contribution is -0.915. The fourth-order valence-electron chi connectivity index (χ4n) is 7.29. The van der Waals surface area contributed by atoms with Crippen LogP contribution in [0.4, 0.5) is 14.5 Å². The van der Waals surface area contributed by atoms with Crippen LogP contribution in [0, 0.1) is 18.6 Å². The zero-order valence-corrected chi connectivity index (χ0v) is 32.8. The van der Waals surface area contributed by atoms with Crippen molar-refractivity contribution >= 4 is 35.0 Å². The van der Waals surface area contributed by atoms with E-state index < -0.39 is 23.1 Å². The standard InChI is InChI=1S/C39H47ClF2N8O6/c1-25-30(23-49(45-25)16-20-56-4)27-7-8-29(35(42)34(27)41)32-22-43-36(46(32)2)37(53)44-26-5-6-28(31(40)21-26)38(54)48-14-12-47(13-15-48)33(52)9-17-50(3)18-10-39(55,24-51)11-19-50/h5-8,21-23,51,55H,9-20,24H2,1-4H3/p+1. The van der Waals surface area contributed by atoms with Crippen molar-refractivity contribution in [2.24, 2.45) is 7.05 Å². The topological polar surface area (TPSA) is 155 Å². The number of hydrogen-bond donors (Lipinski definition) is 3. The zero-order valence-electron chi connectivity index (χ0n) is 32.0. The van der Waals surface area contributed by atoms with Crippen LogP contribution in [-0.4, -0.2) is 140 Å². The number of benzene rings is 2. The molecule has 6 rings (SSSR count). The first-order valence-corrected chi connectivity index (χ1v) is 18.9. The molecule has 2 aromatic carbocycles. The summed E-state index contributed by atoms with van der Waals surface area (Å²) in [7, 11) is 5.15. The molecule has 0 aliphatic carbocycles. The monoisotopic (exact) mass is 797 g/mol. The average Bonchev–Trinajstić information content (AvgIpc) is 3.76. The normalized spacial score (nSPS) is 20.0. The summed E-state index contributed by atoms with van der Waals surface area (Å²) in [5, 5.41) is 27.0. The molecule has 0 spiro atoms. The van der Waals surface area contributed by atoms with Gasteiger partial charge in [-0.15, -0.1) is 0 Å². The lowest BCUT2D eigenvalue weighted by Crippen LogP contribution is -2.57. The summed E-state index contributed by atoms with van der Waals surface area (Å²) in [4.78, 5) is 47.3. The average molecular weight is 798 g/mol. The molecule has 0 bridgehead atoms. The van der Waals surface area contributed by atoms with E-state index in [1.807, 2.05) is 0 Å². The van der Waals surface area contributed by atoms with Gasteiger partial charge in [-0.1, -0.05) is 17.7 Å². The number of aliphatic hydroxyl groups is 2. The SMILES string of the molecule is COCCn1cc(-c2ccc(-c3cnc(C(=O)Nc4ccc(C(=O)N5CCN(C(=O)CC[N+]6(C)CCC(O)(CO)CC6)CC5)c(Cl)c4)n3C)c(F)c2F)c(C)n1. The predicted octanol–water partition coefficient (Wildman–Crippen LogP) is 3.73. The number of aromatic nitrogens is 4. The number of piperidine rings is 1. The van der Waals surface area contributed by atoms with E-state index in [4.69, 9.17) is 16.3 Å². The van der Waals surface area contributed by atoms with Crippen LogP contribution in [-0.2, 0) is 23.1 Å². The molecule has 0 unspecified atom stereocenters. The third-order valence-electron chi connectivity index (χ3n) is 11.1. The van der Waals surface area contributed by atoms with Gasteiger partial charge in [0.05, 0.1) is 86.6 Å². The first-order chi connectivity index (χ1) is 26.7. The molecule has 14 nitrogen and oxygen atoms in total. The largest absolute Gasteiger partial charge is 0.393 e. The Bertz CT molecular complexity index is 2110. The highest BCUT2D eigenvalue weighted by Crippen LogP contribution is 2.33. The van der Waals surface area contributed by atoms with E-state index in [9.17, 15) is 24.6 Å². The van der Waals surface area contributed by atoms with Crippen LogP contribution < -0.4 is 5.32 Å². The van der Waals surface area contributed by atoms with E-state index in [1.165, 1.54) is 42.1 Å². The highest BCUT2D eigenvalue weighted by Gasteiger charge is 2.39. The maximum atomic E-state index is 15.5. The molecule has 4 heterocycles. The molecule has 0 saturated carbocycles. The third-order valence-corrected chi connectivity index (χ3v) is 11.4. The molecule has 4 aromatic rings. The Balaban J connectivity index is 1.04. The molecule has 2 saturated heterocycles. The maximum absolute atomic E-state index is 15.5. The summed E-state index contributed by atoms with van der Waals surface area (Å²) in [6, 6.07) is 7.42. The minimum absolute atomic E-state index is 0.0149. The molecular formula is C39H48ClF2N8O6+. The van der Waals surface area contributed by atoms with E-state index >= 15 is 8.78 Å². The van der Waals surface area contributed by atoms with Crippen LogP contribution in [0.1, 0.15) is 45.9 Å². The van der Waals surface area contributed by atoms with Gasteiger partial charge in [0.1, 0.15) is 0 Å². The second kappa shape index (κ2) is 16.8. The van der Waals surface area contributed by atoms with Crippen LogP contribution in [0.15, 0.2) is 42.7 Å². The number of methoxy groups -OCH3 is 1. The number of imidazole rings is 1. The second-order valence-electron chi connectivity index (χ2n) is 14.9. The number of aliphatic hydroxyl groups excluding tert-OH is 1. The first kappa shape index (κ1) is 40.9. The molecular weight excluding hydrogens is 750 g/mol. The number of quaternary nitrogens is 1. The van der Waals surface area contributed by atoms with Crippen LogP contribution in [0.3, 0.4) is 0 Å². The van der Waals surface area contributed by atoms with Gasteiger partial charge in [0.25, 0.3) is 11.8 Å². The number of anilines is 1. The lowest BCUT2D eigenvalue weighted by atomic mass is 9.91. The Kier molecular flexibility index (Phi) is 12.3. The number of aryl methyl sites for hydroxylation is 1. The Labute approximate surface area is 328 Å². The Morgan fingerprint density at radius 2 is 1.68 bits per heavy atom. The number of amides is 3. The van der Waals surface area contributed by atoms with E-state index in [0.29, 0.717) is 99.7 Å². The summed E-state index contributed by atoms with van der Waals surface area (Å²) in [6.07, 6.45) is 4.26. The van der Waals surface area contributed by atoms with Gasteiger partial charge in [-0.2, -0.15) is 5.10 Å². The number of hydrogen-bond acceptors (Lipinski definition) is 8. The third kappa shape index (κ3) is 8.64. The van der Waals surface area contributed by atoms with Gasteiger partial charge in [0, 0.05) is 81.8 Å². The highest BCUT2D eigenvalue weighted by molar-refractivity contribution is 6.34. The molecule has 3 amide bonds. The van der Waals surface area contributed by atoms with Gasteiger partial charge in [-0.3, -0.25) is 19.1 Å². The van der Waals surface area contributed by atoms with Crippen LogP contribution in [0.2, 0.25) is 5.02 Å². The fourth-order valence-corrected chi connectivity index (χ4v) is 7.55. The van der Waals surface area contributed by atoms with Crippen molar-refractivity contribution in [3.63, 3.8) is 0 Å². The van der Waals surface area contributed by atoms with E-state index in [-0.39, 0.29) is 51.7 Å². The summed E-state index contributed by atoms with van der Waals surface area (Å²) >= 11 is 6.54. The van der Waals surface area contributed by atoms with Gasteiger partial charge in [0.2, 0.25) is 5.91 Å². The number of nitrogens with zero attached hydrogens (tertiary/aromatic N) is 7. The number of carbonyl (C=O) groups excluding carboxylic acids is 3. The number of carbonyl (C=O) groups is 3. The van der Waals surface area contributed by atoms with Crippen molar-refractivity contribution in [3.05, 3.63) is 76.5 Å². The minimum Gasteiger partial charge on any atom is -0.393 e. The maximum Gasteiger partial charge on any atom is 0.291 e. The first-order valence-electron chi connectivity index (χ1n) is 18.5. The van der Waals surface area contributed by atoms with Crippen molar-refractivity contribution in [3.8, 4) is 22.4 Å². The Morgan fingerprint density at radius 3 is 2.34 bits per heavy atom. The molecule has 3 N–H and O–H groups in total. The number of nitrogens with one attached hydrogen (secondary N) is 1. The minimum atomic E-state index is -1.09. The highest BCUT2D eigenvalue weighted by atomic mass is 35.5. The van der Waals surface area contributed by atoms with E-state index in [2.05, 4.69) is 22.4 Å². The predicted molar refractivity (Wildman–Crippen MR) is 205 cm³/mol. The number of ether oxygens (including phenoxy) is 1. The number of rotatable bonds is 12. The van der Waals surface area contributed by atoms with Crippen molar-refractivity contribution in [2.75, 3.05) is 78.5 Å². The Hall–Kier alpha value is -4.74. The van der Waals surface area contributed by atoms with Gasteiger partial charge >= 0.3 is 0 Å². The quantitative estimate of drug-likeness (QED) is 0.184. The molecule has 2 aliphatic rings. The summed E-state index contributed by atoms with van der Waals surface area (Å²) < 4.78 is 39.7. The molecule has 17 heteroatoms. The van der Waals surface area contributed by atoms with Gasteiger partial charge in [0.15, 0.2) is 17.5 Å². The second-order valence-corrected chi connectivity index (χ2v) is 15.4. The van der Waals surface area contributed by atoms with Crippen LogP contribution >= 0.6 is 11.6 Å². The van der Waals surface area contributed by atoms with Crippen LogP contribution in [0.5, 0.6) is 0 Å². The van der Waals surface area contributed by atoms with Crippen LogP contribution in [0.25, 0.3) is 22.4 Å². The van der Waals surface area contributed by atoms with Crippen molar-refractivity contribution in [1.82, 2.24) is 29.1 Å². The van der Waals surface area contributed by atoms with Crippen molar-refractivity contribution in [2.45, 2.75) is 38.3 Å². The Morgan fingerprint density at radius 1 is 1.02 bits per heavy atom. The van der Waals surface area contributed by atoms with Crippen molar-refractivity contribution < 1.29 is 42.6 Å². The van der Waals surface area contributed by atoms with Crippen molar-refractivity contribution in [1.29, 1.82) is 0 Å². The number of likely N-dealkylation sites (tertiary alicyclic amines) is 1. The molecule has 2 aliphatic heterocycles. The molecule has 56 heavy (non-hydrogen) atoms. The van der Waals surface area contributed by atoms with Gasteiger partial charge in [-0.25, -0.2) is 13.8 Å². The van der Waals surface area contributed by atoms with E-state index in [0.717, 1.165) is 0 Å². The molecule has 300 valence electrons. The molecule has 0 atom stereocenters.